The van der Waals surface area contributed by atoms with Crippen LogP contribution in [0.15, 0.2) is 24.0 Å². The van der Waals surface area contributed by atoms with Crippen LogP contribution in [0.25, 0.3) is 0 Å². The first-order chi connectivity index (χ1) is 20.3. The normalized spacial score (nSPS) is 27.3. The summed E-state index contributed by atoms with van der Waals surface area (Å²) in [5.74, 6) is -1.94. The van der Waals surface area contributed by atoms with Gasteiger partial charge in [0.15, 0.2) is 23.7 Å². The van der Waals surface area contributed by atoms with Gasteiger partial charge in [-0.3, -0.25) is 14.4 Å². The number of carboxylic acids is 1. The van der Waals surface area contributed by atoms with Gasteiger partial charge in [-0.25, -0.2) is 4.79 Å². The van der Waals surface area contributed by atoms with Gasteiger partial charge in [-0.15, -0.1) is 0 Å². The summed E-state index contributed by atoms with van der Waals surface area (Å²) >= 11 is 0. The second kappa shape index (κ2) is 12.5. The monoisotopic (exact) mass is 603 g/mol. The smallest absolute Gasteiger partial charge is 0.352 e. The second-order valence-electron chi connectivity index (χ2n) is 11.5. The van der Waals surface area contributed by atoms with Crippen LogP contribution in [0.1, 0.15) is 57.1 Å². The van der Waals surface area contributed by atoms with Gasteiger partial charge in [0.25, 0.3) is 0 Å². The number of hydrogen-bond donors (Lipinski definition) is 4. The number of amides is 1. The summed E-state index contributed by atoms with van der Waals surface area (Å²) in [6, 6.07) is 2.36. The van der Waals surface area contributed by atoms with Crippen LogP contribution in [0.4, 0.5) is 0 Å². The van der Waals surface area contributed by atoms with Crippen molar-refractivity contribution in [3.63, 3.8) is 0 Å². The van der Waals surface area contributed by atoms with E-state index < -0.39 is 53.1 Å². The quantitative estimate of drug-likeness (QED) is 0.262. The molecule has 43 heavy (non-hydrogen) atoms. The zero-order valence-electron chi connectivity index (χ0n) is 25.2. The number of piperidine rings is 1. The lowest BCUT2D eigenvalue weighted by atomic mass is 9.54. The number of likely N-dealkylation sites (tertiary alicyclic amines) is 1. The minimum atomic E-state index is -1.26. The van der Waals surface area contributed by atoms with Crippen LogP contribution in [-0.2, 0) is 34.1 Å². The molecule has 0 saturated carbocycles. The maximum Gasteiger partial charge on any atom is 0.352 e. The number of methoxy groups -OCH3 is 1. The summed E-state index contributed by atoms with van der Waals surface area (Å²) in [6.07, 6.45) is -0.00477. The minimum Gasteiger partial charge on any atom is -0.493 e. The zero-order valence-corrected chi connectivity index (χ0v) is 25.2. The first kappa shape index (κ1) is 32.2. The molecule has 2 aliphatic heterocycles. The summed E-state index contributed by atoms with van der Waals surface area (Å²) in [5, 5.41) is 23.6. The molecule has 0 unspecified atom stereocenters. The van der Waals surface area contributed by atoms with Gasteiger partial charge in [0.1, 0.15) is 11.8 Å². The van der Waals surface area contributed by atoms with E-state index in [0.717, 1.165) is 11.1 Å². The number of hydrogen-bond acceptors (Lipinski definition) is 11. The predicted octanol–water partition coefficient (Wildman–Crippen LogP) is 0.918. The number of aryl methyl sites for hydroxylation is 1. The molecule has 0 aromatic heterocycles. The fourth-order valence-corrected chi connectivity index (χ4v) is 6.46. The summed E-state index contributed by atoms with van der Waals surface area (Å²) in [6.45, 7) is 5.94. The molecular weight excluding hydrogens is 562 g/mol. The predicted molar refractivity (Wildman–Crippen MR) is 152 cm³/mol. The Morgan fingerprint density at radius 2 is 1.98 bits per heavy atom. The van der Waals surface area contributed by atoms with E-state index in [1.54, 1.807) is 13.2 Å². The SMILES string of the molecule is COc1ccc(C)c2c1O[C@H]1C(OC(=O)[C@H](C)OC(=O)CCNC(=O)CC[C@H](N)C(=O)O)=CC[C@@]3(O)[C@@H](C)N(C)CC[C@]213. The molecule has 3 aliphatic rings. The molecule has 13 nitrogen and oxygen atoms in total. The molecule has 5 N–H and O–H groups in total. The average molecular weight is 604 g/mol. The number of carbonyl (C=O) groups is 4. The highest BCUT2D eigenvalue weighted by atomic mass is 16.6. The standard InChI is InChI=1S/C30H41N3O10/c1-16-6-8-20(40-5)25-24(16)29-13-15-33(4)18(3)30(29,39)12-10-21(26(29)43-25)42-28(38)17(2)41-23(35)11-14-32-22(34)9-7-19(31)27(36)37/h6,8,10,17-19,26,39H,7,9,11-15,31H2,1-5H3,(H,32,34)(H,36,37)/t17-,18+,19-,26-,29-,30+/m0/s1. The van der Waals surface area contributed by atoms with Crippen molar-refractivity contribution in [1.29, 1.82) is 0 Å². The number of carboxylic acid groups (broad SMARTS) is 1. The van der Waals surface area contributed by atoms with Crippen LogP contribution in [0.2, 0.25) is 0 Å². The Labute approximate surface area is 250 Å². The van der Waals surface area contributed by atoms with E-state index in [4.69, 9.17) is 29.8 Å². The van der Waals surface area contributed by atoms with Crippen LogP contribution < -0.4 is 20.5 Å². The van der Waals surface area contributed by atoms with Gasteiger partial charge < -0.3 is 45.1 Å². The summed E-state index contributed by atoms with van der Waals surface area (Å²) in [5.41, 5.74) is 5.01. The zero-order chi connectivity index (χ0) is 31.7. The third kappa shape index (κ3) is 5.80. The topological polar surface area (TPSA) is 187 Å². The van der Waals surface area contributed by atoms with E-state index >= 15 is 0 Å². The third-order valence-corrected chi connectivity index (χ3v) is 9.05. The van der Waals surface area contributed by atoms with Gasteiger partial charge in [-0.1, -0.05) is 6.07 Å². The molecule has 1 aromatic carbocycles. The van der Waals surface area contributed by atoms with Gasteiger partial charge >= 0.3 is 17.9 Å². The van der Waals surface area contributed by atoms with Crippen molar-refractivity contribution in [3.05, 3.63) is 35.1 Å². The number of likely N-dealkylation sites (N-methyl/N-ethyl adjacent to an activating group) is 1. The molecule has 0 radical (unpaired) electrons. The number of benzene rings is 1. The molecule has 1 amide bonds. The highest BCUT2D eigenvalue weighted by molar-refractivity contribution is 5.81. The molecule has 1 aliphatic carbocycles. The molecule has 2 heterocycles. The lowest BCUT2D eigenvalue weighted by molar-refractivity contribution is -0.171. The Kier molecular flexibility index (Phi) is 9.38. The van der Waals surface area contributed by atoms with Crippen molar-refractivity contribution in [2.45, 2.75) is 88.2 Å². The van der Waals surface area contributed by atoms with Crippen LogP contribution in [0.3, 0.4) is 0 Å². The molecule has 1 fully saturated rings. The van der Waals surface area contributed by atoms with Crippen LogP contribution >= 0.6 is 0 Å². The van der Waals surface area contributed by atoms with Crippen molar-refractivity contribution in [2.24, 2.45) is 5.73 Å². The maximum atomic E-state index is 13.1. The highest BCUT2D eigenvalue weighted by Crippen LogP contribution is 2.62. The van der Waals surface area contributed by atoms with E-state index in [-0.39, 0.29) is 44.0 Å². The molecule has 1 saturated heterocycles. The third-order valence-electron chi connectivity index (χ3n) is 9.05. The Bertz CT molecular complexity index is 1320. The van der Waals surface area contributed by atoms with Crippen molar-refractivity contribution in [3.8, 4) is 11.5 Å². The second-order valence-corrected chi connectivity index (χ2v) is 11.5. The molecule has 0 bridgehead atoms. The molecule has 6 atom stereocenters. The lowest BCUT2D eigenvalue weighted by Gasteiger charge is -2.58. The number of aliphatic hydroxyl groups is 1. The number of aliphatic carboxylic acids is 1. The first-order valence-corrected chi connectivity index (χ1v) is 14.4. The Balaban J connectivity index is 1.44. The van der Waals surface area contributed by atoms with Crippen molar-refractivity contribution in [1.82, 2.24) is 10.2 Å². The van der Waals surface area contributed by atoms with E-state index in [1.165, 1.54) is 6.92 Å². The molecule has 236 valence electrons. The number of nitrogens with two attached hydrogens (primary N) is 1. The van der Waals surface area contributed by atoms with Gasteiger partial charge in [0.05, 0.1) is 24.5 Å². The van der Waals surface area contributed by atoms with Gasteiger partial charge in [0, 0.05) is 31.0 Å². The number of rotatable bonds is 11. The van der Waals surface area contributed by atoms with Crippen molar-refractivity contribution in [2.75, 3.05) is 27.2 Å². The fraction of sp³-hybridized carbons (Fsp3) is 0.600. The molecule has 13 heteroatoms. The number of ether oxygens (including phenoxy) is 4. The maximum absolute atomic E-state index is 13.1. The molecule has 4 rings (SSSR count). The number of nitrogens with one attached hydrogen (secondary N) is 1. The van der Waals surface area contributed by atoms with Crippen LogP contribution in [-0.4, -0.2) is 96.1 Å². The number of nitrogens with zero attached hydrogens (tertiary/aromatic N) is 1. The summed E-state index contributed by atoms with van der Waals surface area (Å²) < 4.78 is 23.1. The van der Waals surface area contributed by atoms with Crippen LogP contribution in [0.5, 0.6) is 11.5 Å². The Morgan fingerprint density at radius 1 is 1.26 bits per heavy atom. The highest BCUT2D eigenvalue weighted by Gasteiger charge is 2.69. The lowest BCUT2D eigenvalue weighted by Crippen LogP contribution is -2.71. The molecule has 1 aromatic rings. The molecular formula is C30H41N3O10. The van der Waals surface area contributed by atoms with Gasteiger partial charge in [0.2, 0.25) is 5.91 Å². The van der Waals surface area contributed by atoms with Crippen LogP contribution in [0, 0.1) is 6.92 Å². The number of fused-ring (bicyclic) bond motifs is 1. The van der Waals surface area contributed by atoms with E-state index in [9.17, 15) is 24.3 Å². The van der Waals surface area contributed by atoms with Crippen molar-refractivity contribution < 1.29 is 48.3 Å². The van der Waals surface area contributed by atoms with E-state index in [2.05, 4.69) is 10.2 Å². The van der Waals surface area contributed by atoms with Crippen molar-refractivity contribution >= 4 is 23.8 Å². The largest absolute Gasteiger partial charge is 0.493 e. The Morgan fingerprint density at radius 3 is 2.65 bits per heavy atom. The van der Waals surface area contributed by atoms with Gasteiger partial charge in [-0.05, 0) is 64.9 Å². The number of esters is 2. The van der Waals surface area contributed by atoms with E-state index in [0.29, 0.717) is 24.5 Å². The number of carbonyl (C=O) groups excluding carboxylic acids is 3. The minimum absolute atomic E-state index is 0.0409. The fourth-order valence-electron chi connectivity index (χ4n) is 6.46. The summed E-state index contributed by atoms with van der Waals surface area (Å²) in [7, 11) is 3.51. The Hall–Kier alpha value is -3.68. The first-order valence-electron chi connectivity index (χ1n) is 14.4. The van der Waals surface area contributed by atoms with E-state index in [1.807, 2.05) is 33.0 Å². The average Bonchev–Trinajstić information content (AvgIpc) is 3.33. The summed E-state index contributed by atoms with van der Waals surface area (Å²) in [4.78, 5) is 50.2. The van der Waals surface area contributed by atoms with Gasteiger partial charge in [-0.2, -0.15) is 0 Å². The molecule has 1 spiro atoms.